The normalized spacial score (nSPS) is 12.0. The number of nitrogens with two attached hydrogens (primary N) is 1. The van der Waals surface area contributed by atoms with E-state index in [0.29, 0.717) is 5.76 Å². The average Bonchev–Trinajstić information content (AvgIpc) is 2.88. The highest BCUT2D eigenvalue weighted by Gasteiger charge is 2.26. The maximum Gasteiger partial charge on any atom is 0.244 e. The molecule has 2 aromatic rings. The molecule has 0 radical (unpaired) electrons. The Morgan fingerprint density at radius 3 is 2.60 bits per heavy atom. The topological polar surface area (TPSA) is 76.5 Å². The predicted octanol–water partition coefficient (Wildman–Crippen LogP) is 2.99. The number of nitrogen functional groups attached to an aromatic ring is 1. The Bertz CT molecular complexity index is 715. The third-order valence-corrected chi connectivity index (χ3v) is 5.43. The molecule has 1 aromatic heterocycles. The van der Waals surface area contributed by atoms with E-state index < -0.39 is 10.0 Å². The van der Waals surface area contributed by atoms with Crippen LogP contribution in [0.15, 0.2) is 39.8 Å². The summed E-state index contributed by atoms with van der Waals surface area (Å²) in [5.41, 5.74) is 5.69. The van der Waals surface area contributed by atoms with Gasteiger partial charge >= 0.3 is 0 Å². The molecule has 0 saturated carbocycles. The standard InChI is InChI=1S/C12H12Cl2N2O3S/c1-16(7-8-3-2-6-19-8)20(17,18)10-5-4-9(13)12(15)11(10)14/h2-6H,7,15H2,1H3. The molecule has 108 valence electrons. The summed E-state index contributed by atoms with van der Waals surface area (Å²) in [5, 5.41) is 0.131. The van der Waals surface area contributed by atoms with Crippen molar-refractivity contribution in [1.82, 2.24) is 4.31 Å². The summed E-state index contributed by atoms with van der Waals surface area (Å²) >= 11 is 11.8. The molecule has 0 aliphatic rings. The van der Waals surface area contributed by atoms with E-state index in [4.69, 9.17) is 33.4 Å². The Labute approximate surface area is 126 Å². The van der Waals surface area contributed by atoms with Crippen molar-refractivity contribution in [2.24, 2.45) is 0 Å². The van der Waals surface area contributed by atoms with Crippen molar-refractivity contribution in [2.45, 2.75) is 11.4 Å². The highest BCUT2D eigenvalue weighted by atomic mass is 35.5. The van der Waals surface area contributed by atoms with E-state index >= 15 is 0 Å². The lowest BCUT2D eigenvalue weighted by molar-refractivity contribution is 0.406. The van der Waals surface area contributed by atoms with Crippen LogP contribution in [0, 0.1) is 0 Å². The average molecular weight is 335 g/mol. The molecule has 0 aliphatic heterocycles. The number of rotatable bonds is 4. The Hall–Kier alpha value is -1.21. The molecule has 8 heteroatoms. The van der Waals surface area contributed by atoms with Gasteiger partial charge in [-0.05, 0) is 24.3 Å². The van der Waals surface area contributed by atoms with Crippen LogP contribution in [0.4, 0.5) is 5.69 Å². The molecule has 1 aromatic carbocycles. The van der Waals surface area contributed by atoms with Gasteiger partial charge in [0, 0.05) is 7.05 Å². The first-order chi connectivity index (χ1) is 9.34. The molecule has 0 atom stereocenters. The van der Waals surface area contributed by atoms with Crippen molar-refractivity contribution in [3.63, 3.8) is 0 Å². The second-order valence-electron chi connectivity index (χ2n) is 4.11. The molecule has 0 spiro atoms. The monoisotopic (exact) mass is 334 g/mol. The predicted molar refractivity (Wildman–Crippen MR) is 78.2 cm³/mol. The highest BCUT2D eigenvalue weighted by molar-refractivity contribution is 7.89. The van der Waals surface area contributed by atoms with Gasteiger partial charge in [-0.2, -0.15) is 4.31 Å². The smallest absolute Gasteiger partial charge is 0.244 e. The van der Waals surface area contributed by atoms with Gasteiger partial charge in [0.2, 0.25) is 10.0 Å². The molecule has 0 aliphatic carbocycles. The Morgan fingerprint density at radius 2 is 2.00 bits per heavy atom. The first kappa shape index (κ1) is 15.2. The summed E-state index contributed by atoms with van der Waals surface area (Å²) in [7, 11) is -2.35. The first-order valence-electron chi connectivity index (χ1n) is 5.56. The summed E-state index contributed by atoms with van der Waals surface area (Å²) in [6.07, 6.45) is 1.48. The van der Waals surface area contributed by atoms with E-state index in [0.717, 1.165) is 4.31 Å². The largest absolute Gasteiger partial charge is 0.468 e. The first-order valence-corrected chi connectivity index (χ1v) is 7.76. The van der Waals surface area contributed by atoms with Gasteiger partial charge in [-0.3, -0.25) is 0 Å². The molecular weight excluding hydrogens is 323 g/mol. The van der Waals surface area contributed by atoms with E-state index in [1.807, 2.05) is 0 Å². The van der Waals surface area contributed by atoms with E-state index in [1.54, 1.807) is 12.1 Å². The van der Waals surface area contributed by atoms with Gasteiger partial charge in [-0.1, -0.05) is 23.2 Å². The van der Waals surface area contributed by atoms with E-state index in [1.165, 1.54) is 25.4 Å². The lowest BCUT2D eigenvalue weighted by atomic mass is 10.3. The summed E-state index contributed by atoms with van der Waals surface area (Å²) in [6.45, 7) is 0.0915. The molecule has 0 fully saturated rings. The molecule has 20 heavy (non-hydrogen) atoms. The van der Waals surface area contributed by atoms with Crippen molar-refractivity contribution >= 4 is 38.9 Å². The zero-order chi connectivity index (χ0) is 14.9. The lowest BCUT2D eigenvalue weighted by Crippen LogP contribution is -2.26. The minimum absolute atomic E-state index is 0.0424. The molecule has 0 amide bonds. The number of benzene rings is 1. The maximum atomic E-state index is 12.4. The van der Waals surface area contributed by atoms with E-state index in [-0.39, 0.29) is 27.2 Å². The zero-order valence-corrected chi connectivity index (χ0v) is 12.8. The zero-order valence-electron chi connectivity index (χ0n) is 10.5. The number of halogens is 2. The third-order valence-electron chi connectivity index (χ3n) is 2.74. The van der Waals surface area contributed by atoms with Gasteiger partial charge in [-0.25, -0.2) is 8.42 Å². The summed E-state index contributed by atoms with van der Waals surface area (Å²) in [6, 6.07) is 6.10. The highest BCUT2D eigenvalue weighted by Crippen LogP contribution is 2.34. The molecule has 2 rings (SSSR count). The van der Waals surface area contributed by atoms with Gasteiger partial charge in [-0.15, -0.1) is 0 Å². The van der Waals surface area contributed by atoms with Gasteiger partial charge < -0.3 is 10.2 Å². The van der Waals surface area contributed by atoms with Gasteiger partial charge in [0.15, 0.2) is 0 Å². The molecule has 0 unspecified atom stereocenters. The Kier molecular flexibility index (Phi) is 4.29. The quantitative estimate of drug-likeness (QED) is 0.872. The van der Waals surface area contributed by atoms with Crippen LogP contribution >= 0.6 is 23.2 Å². The van der Waals surface area contributed by atoms with Crippen molar-refractivity contribution < 1.29 is 12.8 Å². The van der Waals surface area contributed by atoms with Crippen molar-refractivity contribution in [2.75, 3.05) is 12.8 Å². The number of furan rings is 1. The minimum atomic E-state index is -3.78. The number of hydrogen-bond acceptors (Lipinski definition) is 4. The number of hydrogen-bond donors (Lipinski definition) is 1. The maximum absolute atomic E-state index is 12.4. The summed E-state index contributed by atoms with van der Waals surface area (Å²) in [4.78, 5) is -0.0878. The van der Waals surface area contributed by atoms with Gasteiger partial charge in [0.1, 0.15) is 10.7 Å². The van der Waals surface area contributed by atoms with Crippen molar-refractivity contribution in [3.05, 3.63) is 46.3 Å². The van der Waals surface area contributed by atoms with E-state index in [2.05, 4.69) is 0 Å². The van der Waals surface area contributed by atoms with Crippen LogP contribution in [0.2, 0.25) is 10.0 Å². The fourth-order valence-electron chi connectivity index (χ4n) is 1.62. The van der Waals surface area contributed by atoms with Crippen LogP contribution in [0.1, 0.15) is 5.76 Å². The number of anilines is 1. The van der Waals surface area contributed by atoms with Crippen LogP contribution in [-0.2, 0) is 16.6 Å². The van der Waals surface area contributed by atoms with Crippen LogP contribution in [0.5, 0.6) is 0 Å². The van der Waals surface area contributed by atoms with Crippen LogP contribution in [-0.4, -0.2) is 19.8 Å². The molecular formula is C12H12Cl2N2O3S. The molecule has 2 N–H and O–H groups in total. The SMILES string of the molecule is CN(Cc1ccco1)S(=O)(=O)c1ccc(Cl)c(N)c1Cl. The minimum Gasteiger partial charge on any atom is -0.468 e. The molecule has 0 bridgehead atoms. The molecule has 5 nitrogen and oxygen atoms in total. The number of nitrogens with zero attached hydrogens (tertiary/aromatic N) is 1. The van der Waals surface area contributed by atoms with Gasteiger partial charge in [0.05, 0.1) is 28.5 Å². The van der Waals surface area contributed by atoms with Crippen molar-refractivity contribution in [1.29, 1.82) is 0 Å². The van der Waals surface area contributed by atoms with Gasteiger partial charge in [0.25, 0.3) is 0 Å². The summed E-state index contributed by atoms with van der Waals surface area (Å²) in [5.74, 6) is 0.522. The Morgan fingerprint density at radius 1 is 1.30 bits per heavy atom. The molecule has 0 saturated heterocycles. The second-order valence-corrected chi connectivity index (χ2v) is 6.91. The van der Waals surface area contributed by atoms with Crippen LogP contribution in [0.25, 0.3) is 0 Å². The van der Waals surface area contributed by atoms with Crippen LogP contribution in [0.3, 0.4) is 0 Å². The second kappa shape index (κ2) is 5.65. The van der Waals surface area contributed by atoms with E-state index in [9.17, 15) is 8.42 Å². The number of sulfonamides is 1. The third kappa shape index (κ3) is 2.78. The van der Waals surface area contributed by atoms with Crippen molar-refractivity contribution in [3.8, 4) is 0 Å². The lowest BCUT2D eigenvalue weighted by Gasteiger charge is -2.17. The fraction of sp³-hybridized carbons (Fsp3) is 0.167. The van der Waals surface area contributed by atoms with Crippen LogP contribution < -0.4 is 5.73 Å². The fourth-order valence-corrected chi connectivity index (χ4v) is 3.50. The molecule has 1 heterocycles. The Balaban J connectivity index is 2.37. The summed E-state index contributed by atoms with van der Waals surface area (Å²) < 4.78 is 31.1.